The minimum Gasteiger partial charge on any atom is -0.493 e. The van der Waals surface area contributed by atoms with Crippen LogP contribution in [0.4, 0.5) is 8.78 Å². The van der Waals surface area contributed by atoms with Crippen molar-refractivity contribution in [2.75, 3.05) is 33.8 Å². The van der Waals surface area contributed by atoms with Crippen molar-refractivity contribution < 1.29 is 18.3 Å². The number of methoxy groups -OCH3 is 1. The molecule has 124 valence electrons. The van der Waals surface area contributed by atoms with E-state index in [0.29, 0.717) is 5.75 Å². The second-order valence-corrected chi connectivity index (χ2v) is 5.64. The van der Waals surface area contributed by atoms with Gasteiger partial charge >= 0.3 is 6.61 Å². The number of halogens is 2. The maximum atomic E-state index is 12.4. The summed E-state index contributed by atoms with van der Waals surface area (Å²) in [6.07, 6.45) is 2.33. The summed E-state index contributed by atoms with van der Waals surface area (Å²) in [4.78, 5) is 2.35. The van der Waals surface area contributed by atoms with Crippen LogP contribution in [-0.2, 0) is 6.54 Å². The quantitative estimate of drug-likeness (QED) is 0.839. The van der Waals surface area contributed by atoms with Gasteiger partial charge in [-0.05, 0) is 63.1 Å². The van der Waals surface area contributed by atoms with Gasteiger partial charge in [-0.25, -0.2) is 0 Å². The Morgan fingerprint density at radius 3 is 2.59 bits per heavy atom. The normalized spacial score (nSPS) is 17.0. The number of alkyl halides is 2. The molecule has 1 aromatic rings. The number of rotatable bonds is 7. The third-order valence-corrected chi connectivity index (χ3v) is 4.05. The summed E-state index contributed by atoms with van der Waals surface area (Å²) in [5.74, 6) is 1.16. The van der Waals surface area contributed by atoms with Gasteiger partial charge in [-0.3, -0.25) is 4.90 Å². The van der Waals surface area contributed by atoms with Crippen molar-refractivity contribution in [1.82, 2.24) is 10.2 Å². The lowest BCUT2D eigenvalue weighted by atomic mass is 9.96. The number of hydrogen-bond donors (Lipinski definition) is 1. The summed E-state index contributed by atoms with van der Waals surface area (Å²) < 4.78 is 34.5. The number of ether oxygens (including phenoxy) is 2. The van der Waals surface area contributed by atoms with Gasteiger partial charge in [0.05, 0.1) is 7.11 Å². The molecule has 0 bridgehead atoms. The molecule has 1 aliphatic heterocycles. The Labute approximate surface area is 130 Å². The van der Waals surface area contributed by atoms with Crippen LogP contribution >= 0.6 is 0 Å². The number of nitrogens with one attached hydrogen (secondary N) is 1. The average molecular weight is 314 g/mol. The van der Waals surface area contributed by atoms with E-state index in [1.54, 1.807) is 12.1 Å². The fraction of sp³-hybridized carbons (Fsp3) is 0.625. The van der Waals surface area contributed by atoms with E-state index in [1.165, 1.54) is 7.11 Å². The second-order valence-electron chi connectivity index (χ2n) is 5.64. The van der Waals surface area contributed by atoms with E-state index in [4.69, 9.17) is 4.74 Å². The molecular weight excluding hydrogens is 290 g/mol. The standard InChI is InChI=1S/C16H24F2N2O2/c1-19-10-12-5-7-20(8-6-12)11-13-3-4-14(21-2)15(9-13)22-16(17)18/h3-4,9,12,16,19H,5-8,10-11H2,1-2H3. The predicted molar refractivity (Wildman–Crippen MR) is 81.6 cm³/mol. The monoisotopic (exact) mass is 314 g/mol. The SMILES string of the molecule is CNCC1CCN(Cc2ccc(OC)c(OC(F)F)c2)CC1. The van der Waals surface area contributed by atoms with E-state index in [9.17, 15) is 8.78 Å². The lowest BCUT2D eigenvalue weighted by molar-refractivity contribution is -0.0512. The first kappa shape index (κ1) is 17.0. The molecule has 0 spiro atoms. The number of likely N-dealkylation sites (tertiary alicyclic amines) is 1. The predicted octanol–water partition coefficient (Wildman–Crippen LogP) is 2.73. The van der Waals surface area contributed by atoms with Crippen LogP contribution in [0.25, 0.3) is 0 Å². The Balaban J connectivity index is 1.95. The van der Waals surface area contributed by atoms with Crippen molar-refractivity contribution in [2.45, 2.75) is 26.0 Å². The highest BCUT2D eigenvalue weighted by Crippen LogP contribution is 2.30. The zero-order valence-electron chi connectivity index (χ0n) is 13.1. The van der Waals surface area contributed by atoms with E-state index >= 15 is 0 Å². The molecule has 1 heterocycles. The van der Waals surface area contributed by atoms with Crippen LogP contribution in [0.2, 0.25) is 0 Å². The first-order chi connectivity index (χ1) is 10.6. The molecular formula is C16H24F2N2O2. The zero-order valence-corrected chi connectivity index (χ0v) is 13.1. The minimum atomic E-state index is -2.85. The maximum absolute atomic E-state index is 12.4. The summed E-state index contributed by atoms with van der Waals surface area (Å²) in [5.41, 5.74) is 0.962. The molecule has 0 unspecified atom stereocenters. The molecule has 1 aromatic carbocycles. The first-order valence-corrected chi connectivity index (χ1v) is 7.61. The number of piperidine rings is 1. The topological polar surface area (TPSA) is 33.7 Å². The van der Waals surface area contributed by atoms with Crippen molar-refractivity contribution in [3.05, 3.63) is 23.8 Å². The molecule has 1 saturated heterocycles. The van der Waals surface area contributed by atoms with Crippen LogP contribution in [-0.4, -0.2) is 45.3 Å². The van der Waals surface area contributed by atoms with E-state index in [1.807, 2.05) is 13.1 Å². The zero-order chi connectivity index (χ0) is 15.9. The van der Waals surface area contributed by atoms with Crippen molar-refractivity contribution in [3.8, 4) is 11.5 Å². The van der Waals surface area contributed by atoms with Gasteiger partial charge in [-0.1, -0.05) is 6.07 Å². The molecule has 0 aromatic heterocycles. The van der Waals surface area contributed by atoms with Crippen LogP contribution < -0.4 is 14.8 Å². The van der Waals surface area contributed by atoms with E-state index in [0.717, 1.165) is 50.5 Å². The molecule has 1 aliphatic rings. The molecule has 0 atom stereocenters. The van der Waals surface area contributed by atoms with Crippen molar-refractivity contribution in [3.63, 3.8) is 0 Å². The average Bonchev–Trinajstić information content (AvgIpc) is 2.49. The molecule has 0 aliphatic carbocycles. The third kappa shape index (κ3) is 4.81. The molecule has 0 amide bonds. The van der Waals surface area contributed by atoms with Crippen molar-refractivity contribution >= 4 is 0 Å². The van der Waals surface area contributed by atoms with Crippen LogP contribution in [0.5, 0.6) is 11.5 Å². The fourth-order valence-corrected chi connectivity index (χ4v) is 2.90. The smallest absolute Gasteiger partial charge is 0.387 e. The Morgan fingerprint density at radius 2 is 2.00 bits per heavy atom. The number of benzene rings is 1. The van der Waals surface area contributed by atoms with Crippen LogP contribution in [0.3, 0.4) is 0 Å². The summed E-state index contributed by atoms with van der Waals surface area (Å²) in [5, 5.41) is 3.22. The fourth-order valence-electron chi connectivity index (χ4n) is 2.90. The minimum absolute atomic E-state index is 0.0973. The molecule has 4 nitrogen and oxygen atoms in total. The van der Waals surface area contributed by atoms with Gasteiger partial charge in [0.2, 0.25) is 0 Å². The van der Waals surface area contributed by atoms with Crippen molar-refractivity contribution in [1.29, 1.82) is 0 Å². The second kappa shape index (κ2) is 8.29. The largest absolute Gasteiger partial charge is 0.493 e. The molecule has 22 heavy (non-hydrogen) atoms. The summed E-state index contributed by atoms with van der Waals surface area (Å²) >= 11 is 0. The molecule has 0 radical (unpaired) electrons. The van der Waals surface area contributed by atoms with Gasteiger partial charge in [0.15, 0.2) is 11.5 Å². The highest BCUT2D eigenvalue weighted by Gasteiger charge is 2.19. The summed E-state index contributed by atoms with van der Waals surface area (Å²) in [6, 6.07) is 5.22. The van der Waals surface area contributed by atoms with Gasteiger partial charge in [-0.15, -0.1) is 0 Å². The van der Waals surface area contributed by atoms with Gasteiger partial charge in [-0.2, -0.15) is 8.78 Å². The van der Waals surface area contributed by atoms with Crippen molar-refractivity contribution in [2.24, 2.45) is 5.92 Å². The third-order valence-electron chi connectivity index (χ3n) is 4.05. The highest BCUT2D eigenvalue weighted by molar-refractivity contribution is 5.43. The van der Waals surface area contributed by atoms with Crippen LogP contribution in [0, 0.1) is 5.92 Å². The first-order valence-electron chi connectivity index (χ1n) is 7.61. The van der Waals surface area contributed by atoms with Gasteiger partial charge in [0.1, 0.15) is 0 Å². The van der Waals surface area contributed by atoms with E-state index in [2.05, 4.69) is 15.0 Å². The molecule has 0 saturated carbocycles. The lowest BCUT2D eigenvalue weighted by Gasteiger charge is -2.32. The molecule has 6 heteroatoms. The highest BCUT2D eigenvalue weighted by atomic mass is 19.3. The Kier molecular flexibility index (Phi) is 6.39. The molecule has 2 rings (SSSR count). The lowest BCUT2D eigenvalue weighted by Crippen LogP contribution is -2.36. The summed E-state index contributed by atoms with van der Waals surface area (Å²) in [6.45, 7) is 1.02. The molecule has 1 N–H and O–H groups in total. The number of hydrogen-bond acceptors (Lipinski definition) is 4. The van der Waals surface area contributed by atoms with Gasteiger partial charge < -0.3 is 14.8 Å². The van der Waals surface area contributed by atoms with Crippen LogP contribution in [0.1, 0.15) is 18.4 Å². The van der Waals surface area contributed by atoms with Gasteiger partial charge in [0, 0.05) is 6.54 Å². The summed E-state index contributed by atoms with van der Waals surface area (Å²) in [7, 11) is 3.42. The maximum Gasteiger partial charge on any atom is 0.387 e. The van der Waals surface area contributed by atoms with Gasteiger partial charge in [0.25, 0.3) is 0 Å². The number of nitrogens with zero attached hydrogens (tertiary/aromatic N) is 1. The Morgan fingerprint density at radius 1 is 1.27 bits per heavy atom. The Bertz CT molecular complexity index is 463. The Hall–Kier alpha value is -1.40. The van der Waals surface area contributed by atoms with Crippen LogP contribution in [0.15, 0.2) is 18.2 Å². The van der Waals surface area contributed by atoms with E-state index in [-0.39, 0.29) is 5.75 Å². The van der Waals surface area contributed by atoms with E-state index < -0.39 is 6.61 Å². The molecule has 1 fully saturated rings.